The summed E-state index contributed by atoms with van der Waals surface area (Å²) in [5, 5.41) is 0. The number of aromatic nitrogens is 1. The molecule has 150 valence electrons. The Hall–Kier alpha value is -2.45. The van der Waals surface area contributed by atoms with Crippen LogP contribution in [0, 0.1) is 11.8 Å². The first-order valence-corrected chi connectivity index (χ1v) is 10.7. The number of nitrogens with one attached hydrogen (secondary N) is 1. The highest BCUT2D eigenvalue weighted by atomic mass is 32.2. The summed E-state index contributed by atoms with van der Waals surface area (Å²) in [6.07, 6.45) is 2.62. The van der Waals surface area contributed by atoms with Gasteiger partial charge in [0.05, 0.1) is 16.2 Å². The van der Waals surface area contributed by atoms with Crippen LogP contribution in [-0.4, -0.2) is 49.2 Å². The lowest BCUT2D eigenvalue weighted by Crippen LogP contribution is -2.42. The van der Waals surface area contributed by atoms with E-state index in [1.165, 1.54) is 28.6 Å². The lowest BCUT2D eigenvalue weighted by atomic mass is 9.94. The second kappa shape index (κ2) is 8.28. The van der Waals surface area contributed by atoms with Crippen LogP contribution in [0.25, 0.3) is 0 Å². The van der Waals surface area contributed by atoms with Gasteiger partial charge in [0.2, 0.25) is 15.8 Å². The van der Waals surface area contributed by atoms with E-state index in [4.69, 9.17) is 4.74 Å². The van der Waals surface area contributed by atoms with Crippen molar-refractivity contribution in [1.82, 2.24) is 9.29 Å². The number of Topliss-reactive ketones (excluding diaryl/α,β-unsaturated/α-hetero) is 1. The average Bonchev–Trinajstić information content (AvgIpc) is 3.20. The summed E-state index contributed by atoms with van der Waals surface area (Å²) in [4.78, 5) is 26.9. The maximum atomic E-state index is 12.9. The number of ketones is 1. The summed E-state index contributed by atoms with van der Waals surface area (Å²) in [6.45, 7) is 4.70. The number of sulfonamides is 1. The molecule has 2 atom stereocenters. The molecule has 0 radical (unpaired) electrons. The minimum atomic E-state index is -3.60. The van der Waals surface area contributed by atoms with E-state index in [1.54, 1.807) is 18.3 Å². The predicted molar refractivity (Wildman–Crippen MR) is 104 cm³/mol. The molecule has 0 aliphatic carbocycles. The fraction of sp³-hybridized carbons (Fsp3) is 0.400. The van der Waals surface area contributed by atoms with Crippen molar-refractivity contribution in [2.75, 3.05) is 19.7 Å². The first-order valence-electron chi connectivity index (χ1n) is 9.21. The van der Waals surface area contributed by atoms with Crippen molar-refractivity contribution in [3.63, 3.8) is 0 Å². The van der Waals surface area contributed by atoms with Gasteiger partial charge in [-0.25, -0.2) is 13.2 Å². The smallest absolute Gasteiger partial charge is 0.338 e. The molecule has 0 bridgehead atoms. The zero-order chi connectivity index (χ0) is 20.3. The Morgan fingerprint density at radius 1 is 1.11 bits per heavy atom. The van der Waals surface area contributed by atoms with Crippen LogP contribution in [0.5, 0.6) is 0 Å². The van der Waals surface area contributed by atoms with Crippen molar-refractivity contribution in [3.8, 4) is 0 Å². The lowest BCUT2D eigenvalue weighted by molar-refractivity contribution is 0.0473. The Labute approximate surface area is 164 Å². The Morgan fingerprint density at radius 3 is 2.32 bits per heavy atom. The molecule has 2 unspecified atom stereocenters. The minimum Gasteiger partial charge on any atom is -0.454 e. The van der Waals surface area contributed by atoms with Gasteiger partial charge in [-0.3, -0.25) is 4.79 Å². The van der Waals surface area contributed by atoms with Crippen molar-refractivity contribution in [2.24, 2.45) is 11.8 Å². The first kappa shape index (κ1) is 20.3. The number of nitrogens with zero attached hydrogens (tertiary/aromatic N) is 1. The van der Waals surface area contributed by atoms with Crippen LogP contribution in [-0.2, 0) is 14.8 Å². The van der Waals surface area contributed by atoms with Crippen LogP contribution in [0.1, 0.15) is 41.1 Å². The van der Waals surface area contributed by atoms with E-state index in [-0.39, 0.29) is 22.8 Å². The van der Waals surface area contributed by atoms with Crippen molar-refractivity contribution in [1.29, 1.82) is 0 Å². The van der Waals surface area contributed by atoms with Crippen LogP contribution in [0.3, 0.4) is 0 Å². The average molecular weight is 404 g/mol. The van der Waals surface area contributed by atoms with Gasteiger partial charge in [-0.2, -0.15) is 4.31 Å². The maximum absolute atomic E-state index is 12.9. The number of benzene rings is 1. The van der Waals surface area contributed by atoms with Crippen molar-refractivity contribution < 1.29 is 22.7 Å². The Balaban J connectivity index is 1.65. The molecular formula is C20H24N2O5S. The molecule has 2 heterocycles. The molecule has 1 aromatic heterocycles. The van der Waals surface area contributed by atoms with E-state index < -0.39 is 16.0 Å². The zero-order valence-electron chi connectivity index (χ0n) is 15.9. The van der Waals surface area contributed by atoms with E-state index in [9.17, 15) is 18.0 Å². The summed E-state index contributed by atoms with van der Waals surface area (Å²) in [5.41, 5.74) is 0.554. The Morgan fingerprint density at radius 2 is 1.75 bits per heavy atom. The molecule has 1 aromatic carbocycles. The lowest BCUT2D eigenvalue weighted by Gasteiger charge is -2.34. The molecule has 2 aromatic rings. The largest absolute Gasteiger partial charge is 0.454 e. The molecule has 1 N–H and O–H groups in total. The summed E-state index contributed by atoms with van der Waals surface area (Å²) in [5.74, 6) is -0.398. The molecule has 0 amide bonds. The molecule has 28 heavy (non-hydrogen) atoms. The van der Waals surface area contributed by atoms with Gasteiger partial charge in [0, 0.05) is 19.3 Å². The highest BCUT2D eigenvalue weighted by Gasteiger charge is 2.31. The Bertz CT molecular complexity index is 925. The Kier molecular flexibility index (Phi) is 6.00. The number of hydrogen-bond acceptors (Lipinski definition) is 5. The summed E-state index contributed by atoms with van der Waals surface area (Å²) < 4.78 is 32.3. The fourth-order valence-electron chi connectivity index (χ4n) is 3.51. The molecule has 1 aliphatic heterocycles. The van der Waals surface area contributed by atoms with Crippen molar-refractivity contribution in [3.05, 3.63) is 53.9 Å². The number of carbonyl (C=O) groups is 2. The molecular weight excluding hydrogens is 380 g/mol. The topological polar surface area (TPSA) is 96.5 Å². The molecule has 7 nitrogen and oxygen atoms in total. The number of esters is 1. The van der Waals surface area contributed by atoms with E-state index in [0.717, 1.165) is 6.42 Å². The molecule has 1 aliphatic rings. The van der Waals surface area contributed by atoms with Crippen LogP contribution in [0.15, 0.2) is 47.5 Å². The summed E-state index contributed by atoms with van der Waals surface area (Å²) >= 11 is 0. The van der Waals surface area contributed by atoms with Gasteiger partial charge < -0.3 is 9.72 Å². The van der Waals surface area contributed by atoms with Gasteiger partial charge in [0.15, 0.2) is 6.61 Å². The van der Waals surface area contributed by atoms with Crippen LogP contribution in [0.2, 0.25) is 0 Å². The maximum Gasteiger partial charge on any atom is 0.338 e. The van der Waals surface area contributed by atoms with Crippen molar-refractivity contribution >= 4 is 21.8 Å². The number of piperidine rings is 1. The van der Waals surface area contributed by atoms with Crippen LogP contribution in [0.4, 0.5) is 0 Å². The van der Waals surface area contributed by atoms with E-state index in [0.29, 0.717) is 30.6 Å². The number of rotatable bonds is 6. The van der Waals surface area contributed by atoms with E-state index in [2.05, 4.69) is 4.98 Å². The molecule has 8 heteroatoms. The zero-order valence-corrected chi connectivity index (χ0v) is 16.7. The SMILES string of the molecule is CC1CC(C)CN(S(=O)(=O)c2ccc(C(=O)OCC(=O)c3ccc[nH]3)cc2)C1. The van der Waals surface area contributed by atoms with Crippen LogP contribution < -0.4 is 0 Å². The monoisotopic (exact) mass is 404 g/mol. The molecule has 0 spiro atoms. The third kappa shape index (κ3) is 4.51. The number of H-pyrrole nitrogens is 1. The summed E-state index contributed by atoms with van der Waals surface area (Å²) in [6, 6.07) is 8.90. The highest BCUT2D eigenvalue weighted by Crippen LogP contribution is 2.26. The predicted octanol–water partition coefficient (Wildman–Crippen LogP) is 2.72. The molecule has 1 fully saturated rings. The molecule has 1 saturated heterocycles. The van der Waals surface area contributed by atoms with Gasteiger partial charge in [-0.15, -0.1) is 0 Å². The second-order valence-electron chi connectivity index (χ2n) is 7.38. The highest BCUT2D eigenvalue weighted by molar-refractivity contribution is 7.89. The normalized spacial score (nSPS) is 20.6. The summed E-state index contributed by atoms with van der Waals surface area (Å²) in [7, 11) is -3.60. The first-order chi connectivity index (χ1) is 13.3. The number of carbonyl (C=O) groups excluding carboxylic acids is 2. The van der Waals surface area contributed by atoms with Gasteiger partial charge >= 0.3 is 5.97 Å². The quantitative estimate of drug-likeness (QED) is 0.590. The molecule has 0 saturated carbocycles. The molecule has 3 rings (SSSR count). The third-order valence-corrected chi connectivity index (χ3v) is 6.64. The fourth-order valence-corrected chi connectivity index (χ4v) is 5.19. The number of ether oxygens (including phenoxy) is 1. The van der Waals surface area contributed by atoms with E-state index >= 15 is 0 Å². The number of hydrogen-bond donors (Lipinski definition) is 1. The van der Waals surface area contributed by atoms with Gasteiger partial charge in [-0.05, 0) is 54.7 Å². The minimum absolute atomic E-state index is 0.146. The third-order valence-electron chi connectivity index (χ3n) is 4.80. The van der Waals surface area contributed by atoms with Gasteiger partial charge in [-0.1, -0.05) is 13.8 Å². The van der Waals surface area contributed by atoms with E-state index in [1.807, 2.05) is 13.8 Å². The van der Waals surface area contributed by atoms with Crippen LogP contribution >= 0.6 is 0 Å². The van der Waals surface area contributed by atoms with Gasteiger partial charge in [0.25, 0.3) is 0 Å². The second-order valence-corrected chi connectivity index (χ2v) is 9.31. The van der Waals surface area contributed by atoms with Gasteiger partial charge in [0.1, 0.15) is 0 Å². The number of aromatic amines is 1. The van der Waals surface area contributed by atoms with Crippen molar-refractivity contribution in [2.45, 2.75) is 25.2 Å². The standard InChI is InChI=1S/C20H24N2O5S/c1-14-10-15(2)12-22(11-14)28(25,26)17-7-5-16(6-8-17)20(24)27-13-19(23)18-4-3-9-21-18/h3-9,14-15,21H,10-13H2,1-2H3.